The summed E-state index contributed by atoms with van der Waals surface area (Å²) in [7, 11) is 0. The Morgan fingerprint density at radius 1 is 0.391 bits per heavy atom. The van der Waals surface area contributed by atoms with Crippen LogP contribution in [0.4, 0.5) is 17.1 Å². The molecule has 1 atom stereocenters. The van der Waals surface area contributed by atoms with Crippen molar-refractivity contribution in [2.75, 3.05) is 4.90 Å². The van der Waals surface area contributed by atoms with Gasteiger partial charge in [0.25, 0.3) is 0 Å². The Bertz CT molecular complexity index is 3800. The quantitative estimate of drug-likeness (QED) is 0.173. The van der Waals surface area contributed by atoms with Crippen LogP contribution in [0.3, 0.4) is 0 Å². The molecule has 2 aliphatic rings. The molecular weight excluding hydrogens is 777 g/mol. The van der Waals surface area contributed by atoms with Gasteiger partial charge in [-0.3, -0.25) is 0 Å². The molecule has 64 heavy (non-hydrogen) atoms. The molecule has 1 unspecified atom stereocenters. The average Bonchev–Trinajstić information content (AvgIpc) is 4.08. The second-order valence-electron chi connectivity index (χ2n) is 17.2. The van der Waals surface area contributed by atoms with E-state index in [1.54, 1.807) is 0 Å². The van der Waals surface area contributed by atoms with E-state index in [2.05, 4.69) is 240 Å². The molecule has 14 rings (SSSR count). The van der Waals surface area contributed by atoms with Crippen molar-refractivity contribution in [3.63, 3.8) is 0 Å². The fourth-order valence-electron chi connectivity index (χ4n) is 11.3. The normalized spacial score (nSPS) is 14.6. The second-order valence-corrected chi connectivity index (χ2v) is 17.2. The third-order valence-corrected chi connectivity index (χ3v) is 14.0. The molecule has 0 N–H and O–H groups in total. The summed E-state index contributed by atoms with van der Waals surface area (Å²) in [6, 6.07) is 84.2. The van der Waals surface area contributed by atoms with Gasteiger partial charge in [0.2, 0.25) is 0 Å². The summed E-state index contributed by atoms with van der Waals surface area (Å²) >= 11 is 0. The Kier molecular flexibility index (Phi) is 7.32. The summed E-state index contributed by atoms with van der Waals surface area (Å²) in [5, 5.41) is 6.07. The minimum absolute atomic E-state index is 0.663. The Hall–Kier alpha value is -8.40. The van der Waals surface area contributed by atoms with E-state index >= 15 is 0 Å². The molecule has 2 aromatic heterocycles. The molecule has 0 aliphatic heterocycles. The Morgan fingerprint density at radius 2 is 1.02 bits per heavy atom. The number of aromatic nitrogens is 1. The van der Waals surface area contributed by atoms with E-state index < -0.39 is 5.41 Å². The minimum Gasteiger partial charge on any atom is -0.459 e. The van der Waals surface area contributed by atoms with Crippen LogP contribution in [0, 0.1) is 0 Å². The molecule has 3 nitrogen and oxygen atoms in total. The van der Waals surface area contributed by atoms with Crippen LogP contribution in [0.5, 0.6) is 0 Å². The molecule has 12 aromatic rings. The van der Waals surface area contributed by atoms with Gasteiger partial charge in [0.1, 0.15) is 16.8 Å². The minimum atomic E-state index is -0.663. The number of anilines is 3. The zero-order valence-electron chi connectivity index (χ0n) is 34.7. The zero-order valence-corrected chi connectivity index (χ0v) is 34.7. The van der Waals surface area contributed by atoms with E-state index in [1.807, 2.05) is 0 Å². The van der Waals surface area contributed by atoms with Crippen molar-refractivity contribution < 1.29 is 4.42 Å². The summed E-state index contributed by atoms with van der Waals surface area (Å²) in [5.74, 6) is 0.988. The topological polar surface area (TPSA) is 21.3 Å². The first kappa shape index (κ1) is 35.2. The van der Waals surface area contributed by atoms with Crippen LogP contribution >= 0.6 is 0 Å². The molecule has 0 amide bonds. The summed E-state index contributed by atoms with van der Waals surface area (Å²) in [5.41, 5.74) is 18.1. The predicted molar refractivity (Wildman–Crippen MR) is 264 cm³/mol. The lowest BCUT2D eigenvalue weighted by Gasteiger charge is -2.30. The highest BCUT2D eigenvalue weighted by Crippen LogP contribution is 2.65. The van der Waals surface area contributed by atoms with Gasteiger partial charge in [0.05, 0.1) is 16.7 Å². The molecule has 0 saturated carbocycles. The molecule has 1 spiro atoms. The highest BCUT2D eigenvalue weighted by Gasteiger charge is 2.55. The highest BCUT2D eigenvalue weighted by molar-refractivity contribution is 6.10. The van der Waals surface area contributed by atoms with E-state index in [1.165, 1.54) is 82.6 Å². The van der Waals surface area contributed by atoms with Crippen LogP contribution in [0.15, 0.2) is 235 Å². The first-order valence-electron chi connectivity index (χ1n) is 22.1. The second kappa shape index (κ2) is 13.3. The lowest BCUT2D eigenvalue weighted by molar-refractivity contribution is 0.507. The van der Waals surface area contributed by atoms with Crippen LogP contribution in [-0.4, -0.2) is 4.57 Å². The summed E-state index contributed by atoms with van der Waals surface area (Å²) in [6.07, 6.45) is 0. The number of para-hydroxylation sites is 4. The van der Waals surface area contributed by atoms with Crippen molar-refractivity contribution in [3.8, 4) is 39.1 Å². The van der Waals surface area contributed by atoms with Gasteiger partial charge in [-0.2, -0.15) is 0 Å². The fourth-order valence-corrected chi connectivity index (χ4v) is 11.3. The van der Waals surface area contributed by atoms with E-state index in [4.69, 9.17) is 4.42 Å². The molecule has 0 saturated heterocycles. The van der Waals surface area contributed by atoms with Crippen LogP contribution < -0.4 is 4.90 Å². The summed E-state index contributed by atoms with van der Waals surface area (Å²) in [4.78, 5) is 2.41. The Morgan fingerprint density at radius 3 is 1.83 bits per heavy atom. The predicted octanol–water partition coefficient (Wildman–Crippen LogP) is 16.2. The van der Waals surface area contributed by atoms with Crippen molar-refractivity contribution in [1.29, 1.82) is 0 Å². The first-order valence-corrected chi connectivity index (χ1v) is 22.1. The third-order valence-electron chi connectivity index (χ3n) is 14.0. The van der Waals surface area contributed by atoms with Gasteiger partial charge in [-0.05, 0) is 117 Å². The maximum absolute atomic E-state index is 7.23. The zero-order chi connectivity index (χ0) is 41.9. The highest BCUT2D eigenvalue weighted by atomic mass is 16.3. The lowest BCUT2D eigenvalue weighted by atomic mass is 9.72. The summed E-state index contributed by atoms with van der Waals surface area (Å²) < 4.78 is 9.61. The first-order chi connectivity index (χ1) is 31.8. The molecule has 10 aromatic carbocycles. The van der Waals surface area contributed by atoms with Gasteiger partial charge in [0, 0.05) is 44.2 Å². The van der Waals surface area contributed by atoms with Crippen molar-refractivity contribution >= 4 is 60.6 Å². The van der Waals surface area contributed by atoms with Gasteiger partial charge in [-0.15, -0.1) is 0 Å². The molecule has 3 heteroatoms. The lowest BCUT2D eigenvalue weighted by Crippen LogP contribution is -2.25. The molecule has 298 valence electrons. The van der Waals surface area contributed by atoms with Crippen molar-refractivity contribution in [3.05, 3.63) is 253 Å². The monoisotopic (exact) mass is 814 g/mol. The number of nitrogens with zero attached hydrogens (tertiary/aromatic N) is 2. The molecule has 0 radical (unpaired) electrons. The number of fused-ring (bicyclic) bond motifs is 16. The van der Waals surface area contributed by atoms with E-state index in [0.29, 0.717) is 0 Å². The molecule has 2 heterocycles. The van der Waals surface area contributed by atoms with Crippen LogP contribution in [0.2, 0.25) is 0 Å². The van der Waals surface area contributed by atoms with Crippen LogP contribution in [0.25, 0.3) is 82.6 Å². The Balaban J connectivity index is 0.980. The number of rotatable bonds is 5. The van der Waals surface area contributed by atoms with Gasteiger partial charge in [0.15, 0.2) is 0 Å². The fraction of sp³-hybridized carbons (Fsp3) is 0.0164. The van der Waals surface area contributed by atoms with Crippen LogP contribution in [-0.2, 0) is 5.41 Å². The standard InChI is InChI=1S/C61H38N2O/c1-2-17-42(18-3-1)62(55-27-14-16-40-15-4-5-19-45(40)55)44-34-36-53-51(38-44)59-50-23-9-13-28-58(50)64-60(59)61(53)52-24-10-6-20-46(52)47-35-31-41(37-54(47)61)39-29-32-43(33-30-39)63-56-25-11-7-21-48(56)49-22-8-12-26-57(49)63/h1-38H. The van der Waals surface area contributed by atoms with Gasteiger partial charge < -0.3 is 13.9 Å². The number of hydrogen-bond acceptors (Lipinski definition) is 2. The SMILES string of the molecule is c1ccc(N(c2ccc3c(c2)-c2c(oc4ccccc24)C32c3ccccc3-c3ccc(-c4ccc(-n5c6ccccc6c6ccccc65)cc4)cc32)c2cccc3ccccc23)cc1. The van der Waals surface area contributed by atoms with E-state index in [0.717, 1.165) is 39.5 Å². The summed E-state index contributed by atoms with van der Waals surface area (Å²) in [6.45, 7) is 0. The number of hydrogen-bond donors (Lipinski definition) is 0. The molecule has 0 fully saturated rings. The van der Waals surface area contributed by atoms with Gasteiger partial charge in [-0.1, -0.05) is 164 Å². The maximum atomic E-state index is 7.23. The van der Waals surface area contributed by atoms with Crippen molar-refractivity contribution in [2.24, 2.45) is 0 Å². The molecule has 2 aliphatic carbocycles. The van der Waals surface area contributed by atoms with Gasteiger partial charge in [-0.25, -0.2) is 0 Å². The van der Waals surface area contributed by atoms with Crippen molar-refractivity contribution in [2.45, 2.75) is 5.41 Å². The smallest absolute Gasteiger partial charge is 0.135 e. The number of furan rings is 1. The van der Waals surface area contributed by atoms with Gasteiger partial charge >= 0.3 is 0 Å². The largest absolute Gasteiger partial charge is 0.459 e. The van der Waals surface area contributed by atoms with E-state index in [-0.39, 0.29) is 0 Å². The van der Waals surface area contributed by atoms with E-state index in [9.17, 15) is 0 Å². The average molecular weight is 815 g/mol. The Labute approximate surface area is 370 Å². The number of benzene rings is 10. The van der Waals surface area contributed by atoms with Crippen molar-refractivity contribution in [1.82, 2.24) is 4.57 Å². The van der Waals surface area contributed by atoms with Crippen LogP contribution in [0.1, 0.15) is 22.5 Å². The maximum Gasteiger partial charge on any atom is 0.135 e. The molecular formula is C61H38N2O. The third kappa shape index (κ3) is 4.76. The molecule has 0 bridgehead atoms.